The normalized spacial score (nSPS) is 10.8. The lowest BCUT2D eigenvalue weighted by atomic mass is 10.2. The number of hydrogen-bond acceptors (Lipinski definition) is 3. The third-order valence-corrected chi connectivity index (χ3v) is 3.13. The number of amides is 1. The highest BCUT2D eigenvalue weighted by molar-refractivity contribution is 6.01. The monoisotopic (exact) mass is 285 g/mol. The van der Waals surface area contributed by atoms with Gasteiger partial charge in [0.25, 0.3) is 0 Å². The van der Waals surface area contributed by atoms with Crippen LogP contribution >= 0.6 is 0 Å². The summed E-state index contributed by atoms with van der Waals surface area (Å²) in [5.41, 5.74) is 2.74. The second-order valence-electron chi connectivity index (χ2n) is 4.62. The zero-order chi connectivity index (χ0) is 15.2. The predicted molar refractivity (Wildman–Crippen MR) is 83.3 cm³/mol. The van der Waals surface area contributed by atoms with Crippen LogP contribution in [0, 0.1) is 13.8 Å². The molecule has 0 saturated carbocycles. The van der Waals surface area contributed by atoms with Crippen molar-refractivity contribution in [3.63, 3.8) is 0 Å². The van der Waals surface area contributed by atoms with Gasteiger partial charge in [-0.1, -0.05) is 18.2 Å². The first-order chi connectivity index (χ1) is 10.1. The lowest BCUT2D eigenvalue weighted by Gasteiger charge is -2.06. The van der Waals surface area contributed by atoms with Crippen molar-refractivity contribution in [3.05, 3.63) is 47.2 Å². The summed E-state index contributed by atoms with van der Waals surface area (Å²) >= 11 is 0. The molecule has 0 fully saturated rings. The molecule has 0 atom stereocenters. The van der Waals surface area contributed by atoms with Crippen LogP contribution in [-0.2, 0) is 4.79 Å². The summed E-state index contributed by atoms with van der Waals surface area (Å²) in [5, 5.41) is 9.62. The predicted octanol–water partition coefficient (Wildman–Crippen LogP) is 3.08. The summed E-state index contributed by atoms with van der Waals surface area (Å²) < 4.78 is 5.51. The van der Waals surface area contributed by atoms with Gasteiger partial charge in [-0.05, 0) is 32.9 Å². The summed E-state index contributed by atoms with van der Waals surface area (Å²) in [4.78, 5) is 11.9. The number of H-pyrrole nitrogens is 1. The summed E-state index contributed by atoms with van der Waals surface area (Å²) in [6.07, 6.45) is 3.20. The molecule has 1 amide bonds. The minimum atomic E-state index is -0.226. The maximum Gasteiger partial charge on any atom is 0.249 e. The molecule has 0 bridgehead atoms. The molecular formula is C16H19N3O2. The number of anilines is 1. The molecule has 1 aromatic carbocycles. The average molecular weight is 285 g/mol. The highest BCUT2D eigenvalue weighted by Gasteiger charge is 2.07. The van der Waals surface area contributed by atoms with E-state index in [0.29, 0.717) is 12.4 Å². The van der Waals surface area contributed by atoms with Gasteiger partial charge < -0.3 is 10.1 Å². The van der Waals surface area contributed by atoms with Crippen molar-refractivity contribution >= 4 is 17.8 Å². The quantitative estimate of drug-likeness (QED) is 0.830. The molecule has 0 spiro atoms. The Morgan fingerprint density at radius 2 is 2.14 bits per heavy atom. The van der Waals surface area contributed by atoms with E-state index < -0.39 is 0 Å². The van der Waals surface area contributed by atoms with Crippen molar-refractivity contribution in [2.24, 2.45) is 0 Å². The van der Waals surface area contributed by atoms with E-state index in [0.717, 1.165) is 22.6 Å². The maximum atomic E-state index is 11.9. The molecule has 2 rings (SSSR count). The molecule has 5 heteroatoms. The summed E-state index contributed by atoms with van der Waals surface area (Å²) in [7, 11) is 0. The molecule has 2 aromatic rings. The fourth-order valence-corrected chi connectivity index (χ4v) is 1.84. The Labute approximate surface area is 124 Å². The Balaban J connectivity index is 2.07. The van der Waals surface area contributed by atoms with Gasteiger partial charge in [-0.15, -0.1) is 0 Å². The fourth-order valence-electron chi connectivity index (χ4n) is 1.84. The van der Waals surface area contributed by atoms with E-state index in [-0.39, 0.29) is 5.91 Å². The number of aryl methyl sites for hydroxylation is 1. The largest absolute Gasteiger partial charge is 0.493 e. The van der Waals surface area contributed by atoms with Crippen LogP contribution in [0.2, 0.25) is 0 Å². The summed E-state index contributed by atoms with van der Waals surface area (Å²) in [6.45, 7) is 6.33. The molecule has 110 valence electrons. The van der Waals surface area contributed by atoms with E-state index in [1.54, 1.807) is 6.08 Å². The topological polar surface area (TPSA) is 67.0 Å². The Hall–Kier alpha value is -2.56. The van der Waals surface area contributed by atoms with Crippen LogP contribution in [-0.4, -0.2) is 22.7 Å². The first-order valence-corrected chi connectivity index (χ1v) is 6.84. The number of carbonyl (C=O) groups excluding carboxylic acids is 1. The van der Waals surface area contributed by atoms with Gasteiger partial charge in [0.2, 0.25) is 5.91 Å². The van der Waals surface area contributed by atoms with Crippen molar-refractivity contribution in [3.8, 4) is 5.75 Å². The number of aromatic nitrogens is 2. The smallest absolute Gasteiger partial charge is 0.249 e. The van der Waals surface area contributed by atoms with Gasteiger partial charge in [-0.25, -0.2) is 0 Å². The lowest BCUT2D eigenvalue weighted by molar-refractivity contribution is -0.111. The molecular weight excluding hydrogens is 266 g/mol. The van der Waals surface area contributed by atoms with E-state index >= 15 is 0 Å². The van der Waals surface area contributed by atoms with Crippen molar-refractivity contribution in [1.82, 2.24) is 10.2 Å². The highest BCUT2D eigenvalue weighted by Crippen LogP contribution is 2.19. The van der Waals surface area contributed by atoms with Crippen molar-refractivity contribution in [1.29, 1.82) is 0 Å². The number of ether oxygens (including phenoxy) is 1. The van der Waals surface area contributed by atoms with Crippen molar-refractivity contribution < 1.29 is 9.53 Å². The minimum Gasteiger partial charge on any atom is -0.493 e. The molecule has 5 nitrogen and oxygen atoms in total. The summed E-state index contributed by atoms with van der Waals surface area (Å²) in [5.74, 6) is 1.09. The second-order valence-corrected chi connectivity index (χ2v) is 4.62. The number of nitrogens with one attached hydrogen (secondary N) is 2. The Morgan fingerprint density at radius 3 is 2.81 bits per heavy atom. The fraction of sp³-hybridized carbons (Fsp3) is 0.250. The average Bonchev–Trinajstić information content (AvgIpc) is 2.79. The SMILES string of the molecule is CCOc1ccccc1/C=C/C(=O)Nc1n[nH]c(C)c1C. The molecule has 1 aromatic heterocycles. The third-order valence-electron chi connectivity index (χ3n) is 3.13. The van der Waals surface area contributed by atoms with Crippen molar-refractivity contribution in [2.75, 3.05) is 11.9 Å². The number of benzene rings is 1. The highest BCUT2D eigenvalue weighted by atomic mass is 16.5. The molecule has 0 aliphatic rings. The molecule has 21 heavy (non-hydrogen) atoms. The molecule has 0 unspecified atom stereocenters. The van der Waals surface area contributed by atoms with Crippen LogP contribution < -0.4 is 10.1 Å². The lowest BCUT2D eigenvalue weighted by Crippen LogP contribution is -2.09. The van der Waals surface area contributed by atoms with Crippen molar-refractivity contribution in [2.45, 2.75) is 20.8 Å². The molecule has 1 heterocycles. The van der Waals surface area contributed by atoms with Gasteiger partial charge in [-0.2, -0.15) is 5.10 Å². The molecule has 0 radical (unpaired) electrons. The standard InChI is InChI=1S/C16H19N3O2/c1-4-21-14-8-6-5-7-13(14)9-10-15(20)17-16-11(2)12(3)18-19-16/h5-10H,4H2,1-3H3,(H2,17,18,19,20)/b10-9+. The van der Waals surface area contributed by atoms with Gasteiger partial charge in [0.15, 0.2) is 5.82 Å². The van der Waals surface area contributed by atoms with Crippen LogP contribution in [0.3, 0.4) is 0 Å². The second kappa shape index (κ2) is 6.74. The first-order valence-electron chi connectivity index (χ1n) is 6.84. The van der Waals surface area contributed by atoms with Crippen LogP contribution in [0.4, 0.5) is 5.82 Å². The number of aromatic amines is 1. The van der Waals surface area contributed by atoms with E-state index in [1.807, 2.05) is 45.0 Å². The van der Waals surface area contributed by atoms with E-state index in [9.17, 15) is 4.79 Å². The van der Waals surface area contributed by atoms with Gasteiger partial charge >= 0.3 is 0 Å². The molecule has 2 N–H and O–H groups in total. The number of para-hydroxylation sites is 1. The number of rotatable bonds is 5. The van der Waals surface area contributed by atoms with Crippen LogP contribution in [0.5, 0.6) is 5.75 Å². The van der Waals surface area contributed by atoms with E-state index in [4.69, 9.17) is 4.74 Å². The van der Waals surface area contributed by atoms with Crippen LogP contribution in [0.25, 0.3) is 6.08 Å². The van der Waals surface area contributed by atoms with Gasteiger partial charge in [-0.3, -0.25) is 9.89 Å². The number of hydrogen-bond donors (Lipinski definition) is 2. The Morgan fingerprint density at radius 1 is 1.38 bits per heavy atom. The molecule has 0 aliphatic carbocycles. The van der Waals surface area contributed by atoms with Gasteiger partial charge in [0, 0.05) is 22.9 Å². The first kappa shape index (κ1) is 14.8. The zero-order valence-electron chi connectivity index (χ0n) is 12.4. The zero-order valence-corrected chi connectivity index (χ0v) is 12.4. The molecule has 0 saturated heterocycles. The molecule has 0 aliphatic heterocycles. The van der Waals surface area contributed by atoms with Crippen LogP contribution in [0.1, 0.15) is 23.7 Å². The minimum absolute atomic E-state index is 0.226. The Bertz CT molecular complexity index is 659. The maximum absolute atomic E-state index is 11.9. The number of nitrogens with zero attached hydrogens (tertiary/aromatic N) is 1. The third kappa shape index (κ3) is 3.72. The van der Waals surface area contributed by atoms with Gasteiger partial charge in [0.1, 0.15) is 5.75 Å². The van der Waals surface area contributed by atoms with E-state index in [1.165, 1.54) is 6.08 Å². The summed E-state index contributed by atoms with van der Waals surface area (Å²) in [6, 6.07) is 7.58. The van der Waals surface area contributed by atoms with Crippen LogP contribution in [0.15, 0.2) is 30.3 Å². The van der Waals surface area contributed by atoms with E-state index in [2.05, 4.69) is 15.5 Å². The van der Waals surface area contributed by atoms with Gasteiger partial charge in [0.05, 0.1) is 6.61 Å². The number of carbonyl (C=O) groups is 1. The Kier molecular flexibility index (Phi) is 4.77.